The maximum atomic E-state index is 14.2. The minimum atomic E-state index is -4.06. The molecule has 1 N–H and O–H groups in total. The first kappa shape index (κ1) is 27.7. The van der Waals surface area contributed by atoms with Crippen molar-refractivity contribution in [1.82, 2.24) is 4.31 Å². The van der Waals surface area contributed by atoms with Gasteiger partial charge in [0.1, 0.15) is 10.5 Å². The van der Waals surface area contributed by atoms with Gasteiger partial charge in [0.25, 0.3) is 0 Å². The Kier molecular flexibility index (Phi) is 6.87. The second kappa shape index (κ2) is 10.1. The molecule has 1 aliphatic carbocycles. The first-order chi connectivity index (χ1) is 19.5. The number of carboxylic acid groups (broad SMARTS) is 1. The molecule has 1 saturated carbocycles. The highest BCUT2D eigenvalue weighted by molar-refractivity contribution is 7.89. The van der Waals surface area contributed by atoms with Gasteiger partial charge >= 0.3 is 12.3 Å². The van der Waals surface area contributed by atoms with Crippen LogP contribution in [0.5, 0.6) is 11.5 Å². The van der Waals surface area contributed by atoms with Gasteiger partial charge in [-0.15, -0.1) is 8.78 Å². The number of nitrogens with zero attached hydrogens (tertiary/aromatic N) is 2. The van der Waals surface area contributed by atoms with Crippen LogP contribution in [-0.2, 0) is 10.0 Å². The van der Waals surface area contributed by atoms with Gasteiger partial charge in [-0.05, 0) is 60.7 Å². The normalized spacial score (nSPS) is 21.8. The molecular weight excluding hydrogens is 578 g/mol. The molecule has 0 unspecified atom stereocenters. The van der Waals surface area contributed by atoms with Crippen molar-refractivity contribution in [3.8, 4) is 22.6 Å². The smallest absolute Gasteiger partial charge is 0.478 e. The maximum Gasteiger partial charge on any atom is 0.586 e. The van der Waals surface area contributed by atoms with Crippen molar-refractivity contribution in [3.05, 3.63) is 65.2 Å². The largest absolute Gasteiger partial charge is 0.586 e. The Labute approximate surface area is 241 Å². The fourth-order valence-electron chi connectivity index (χ4n) is 6.10. The maximum absolute atomic E-state index is 14.2. The molecule has 3 aromatic rings. The highest BCUT2D eigenvalue weighted by Gasteiger charge is 2.46. The van der Waals surface area contributed by atoms with Crippen molar-refractivity contribution in [1.29, 1.82) is 0 Å². The Balaban J connectivity index is 1.54. The molecule has 41 heavy (non-hydrogen) atoms. The third kappa shape index (κ3) is 4.89. The van der Waals surface area contributed by atoms with Crippen molar-refractivity contribution >= 4 is 39.0 Å². The number of rotatable bonds is 4. The fraction of sp³-hybridized carbons (Fsp3) is 0.345. The van der Waals surface area contributed by atoms with E-state index in [1.54, 1.807) is 7.05 Å². The van der Waals surface area contributed by atoms with E-state index in [4.69, 9.17) is 11.6 Å². The van der Waals surface area contributed by atoms with Crippen LogP contribution in [0.3, 0.4) is 0 Å². The van der Waals surface area contributed by atoms with Crippen LogP contribution in [0.25, 0.3) is 11.1 Å². The Morgan fingerprint density at radius 1 is 1.05 bits per heavy atom. The predicted octanol–water partition coefficient (Wildman–Crippen LogP) is 6.75. The average Bonchev–Trinajstić information content (AvgIpc) is 3.23. The zero-order valence-corrected chi connectivity index (χ0v) is 23.6. The summed E-state index contributed by atoms with van der Waals surface area (Å²) >= 11 is 6.75. The molecule has 0 amide bonds. The summed E-state index contributed by atoms with van der Waals surface area (Å²) in [5.74, 6) is -2.45. The average molecular weight is 605 g/mol. The standard InChI is InChI=1S/C29H27ClF2N2O6S/c1-33-24(17-8-4-2-5-9-17)16-34(19-10-6-3-7-11-19)23-15-22(30)20(14-26(23)41(33,37)38)18-12-21(28(35)36)27-25(13-18)39-29(31,32)40-27/h3,6-7,10-15,17,24H,2,4-5,8-9,16H2,1H3,(H,35,36)/t24-/m0/s1. The summed E-state index contributed by atoms with van der Waals surface area (Å²) in [5.41, 5.74) is 0.843. The number of fused-ring (bicyclic) bond motifs is 2. The molecule has 0 aromatic heterocycles. The van der Waals surface area contributed by atoms with Crippen molar-refractivity contribution in [3.63, 3.8) is 0 Å². The van der Waals surface area contributed by atoms with Crippen LogP contribution in [-0.4, -0.2) is 49.7 Å². The number of hydrogen-bond donors (Lipinski definition) is 1. The summed E-state index contributed by atoms with van der Waals surface area (Å²) in [7, 11) is -2.47. The van der Waals surface area contributed by atoms with E-state index in [0.717, 1.165) is 43.9 Å². The number of aromatic carboxylic acids is 1. The lowest BCUT2D eigenvalue weighted by molar-refractivity contribution is -0.286. The van der Waals surface area contributed by atoms with E-state index in [1.165, 1.54) is 22.5 Å². The predicted molar refractivity (Wildman–Crippen MR) is 149 cm³/mol. The molecule has 6 rings (SSSR count). The highest BCUT2D eigenvalue weighted by Crippen LogP contribution is 2.49. The van der Waals surface area contributed by atoms with Crippen LogP contribution in [0.15, 0.2) is 59.5 Å². The summed E-state index contributed by atoms with van der Waals surface area (Å²) in [4.78, 5) is 13.9. The van der Waals surface area contributed by atoms with Crippen LogP contribution in [0, 0.1) is 5.92 Å². The van der Waals surface area contributed by atoms with Gasteiger partial charge in [-0.3, -0.25) is 0 Å². The Hall–Kier alpha value is -3.41. The van der Waals surface area contributed by atoms with E-state index < -0.39 is 39.3 Å². The number of alkyl halides is 2. The van der Waals surface area contributed by atoms with E-state index in [2.05, 4.69) is 9.47 Å². The number of hydrogen-bond acceptors (Lipinski definition) is 6. The van der Waals surface area contributed by atoms with Crippen LogP contribution in [0.4, 0.5) is 20.2 Å². The molecule has 3 aromatic carbocycles. The number of ether oxygens (including phenoxy) is 2. The Morgan fingerprint density at radius 3 is 2.44 bits per heavy atom. The van der Waals surface area contributed by atoms with Gasteiger partial charge in [0, 0.05) is 30.9 Å². The molecule has 0 saturated heterocycles. The van der Waals surface area contributed by atoms with Crippen LogP contribution in [0.2, 0.25) is 5.02 Å². The molecule has 2 aliphatic heterocycles. The number of para-hydroxylation sites is 1. The van der Waals surface area contributed by atoms with Crippen molar-refractivity contribution in [2.45, 2.75) is 49.3 Å². The number of benzene rings is 3. The Morgan fingerprint density at radius 2 is 1.76 bits per heavy atom. The van der Waals surface area contributed by atoms with Gasteiger partial charge in [0.15, 0.2) is 11.5 Å². The molecule has 216 valence electrons. The summed E-state index contributed by atoms with van der Waals surface area (Å²) in [5, 5.41) is 9.81. The molecule has 0 bridgehead atoms. The van der Waals surface area contributed by atoms with E-state index >= 15 is 0 Å². The molecular formula is C29H27ClF2N2O6S. The molecule has 0 radical (unpaired) electrons. The molecule has 2 heterocycles. The lowest BCUT2D eigenvalue weighted by Crippen LogP contribution is -2.46. The molecule has 12 heteroatoms. The minimum Gasteiger partial charge on any atom is -0.478 e. The number of likely N-dealkylation sites (N-methyl/N-ethyl adjacent to an activating group) is 1. The first-order valence-corrected chi connectivity index (χ1v) is 15.1. The van der Waals surface area contributed by atoms with Crippen molar-refractivity contribution in [2.24, 2.45) is 5.92 Å². The second-order valence-corrected chi connectivity index (χ2v) is 12.9. The third-order valence-electron chi connectivity index (χ3n) is 8.14. The first-order valence-electron chi connectivity index (χ1n) is 13.3. The third-order valence-corrected chi connectivity index (χ3v) is 10.4. The van der Waals surface area contributed by atoms with Gasteiger partial charge in [-0.1, -0.05) is 49.1 Å². The van der Waals surface area contributed by atoms with E-state index in [9.17, 15) is 27.1 Å². The highest BCUT2D eigenvalue weighted by atomic mass is 35.5. The zero-order valence-electron chi connectivity index (χ0n) is 22.0. The quantitative estimate of drug-likeness (QED) is 0.352. The van der Waals surface area contributed by atoms with Gasteiger partial charge in [-0.25, -0.2) is 13.2 Å². The van der Waals surface area contributed by atoms with Crippen LogP contribution < -0.4 is 14.4 Å². The van der Waals surface area contributed by atoms with Crippen LogP contribution in [0.1, 0.15) is 42.5 Å². The number of carbonyl (C=O) groups is 1. The summed E-state index contributed by atoms with van der Waals surface area (Å²) in [6.07, 6.45) is 1.02. The summed E-state index contributed by atoms with van der Waals surface area (Å²) in [6.45, 7) is 0.412. The van der Waals surface area contributed by atoms with Gasteiger partial charge < -0.3 is 19.5 Å². The number of carboxylic acids is 1. The molecule has 0 spiro atoms. The lowest BCUT2D eigenvalue weighted by Gasteiger charge is -2.36. The molecule has 8 nitrogen and oxygen atoms in total. The fourth-order valence-corrected chi connectivity index (χ4v) is 7.97. The number of sulfonamides is 1. The van der Waals surface area contributed by atoms with Crippen molar-refractivity contribution < 1.29 is 36.6 Å². The van der Waals surface area contributed by atoms with E-state index in [0.29, 0.717) is 12.2 Å². The van der Waals surface area contributed by atoms with E-state index in [-0.39, 0.29) is 33.0 Å². The van der Waals surface area contributed by atoms with Crippen LogP contribution >= 0.6 is 11.6 Å². The zero-order chi connectivity index (χ0) is 29.1. The van der Waals surface area contributed by atoms with Gasteiger partial charge in [0.05, 0.1) is 10.7 Å². The van der Waals surface area contributed by atoms with E-state index in [1.807, 2.05) is 35.2 Å². The second-order valence-electron chi connectivity index (χ2n) is 10.6. The molecule has 1 fully saturated rings. The lowest BCUT2D eigenvalue weighted by atomic mass is 9.83. The number of halogens is 3. The minimum absolute atomic E-state index is 0.0264. The summed E-state index contributed by atoms with van der Waals surface area (Å²) < 4.78 is 66.5. The topological polar surface area (TPSA) is 96.4 Å². The van der Waals surface area contributed by atoms with Gasteiger partial charge in [0.2, 0.25) is 10.0 Å². The molecule has 3 aliphatic rings. The SMILES string of the molecule is CN1[C@H](C2CCCCC2)CN(c2ccccc2)c2cc(Cl)c(-c3cc4c(c(C(=O)O)c3)OC(F)(F)O4)cc2S1(=O)=O. The van der Waals surface area contributed by atoms with Crippen molar-refractivity contribution in [2.75, 3.05) is 18.5 Å². The summed E-state index contributed by atoms with van der Waals surface area (Å²) in [6, 6.07) is 14.3. The Bertz CT molecular complexity index is 1630. The number of anilines is 2. The van der Waals surface area contributed by atoms with Gasteiger partial charge in [-0.2, -0.15) is 4.31 Å². The monoisotopic (exact) mass is 604 g/mol. The molecule has 1 atom stereocenters.